The highest BCUT2D eigenvalue weighted by molar-refractivity contribution is 6.31. The van der Waals surface area contributed by atoms with Gasteiger partial charge in [0.1, 0.15) is 5.82 Å². The summed E-state index contributed by atoms with van der Waals surface area (Å²) in [7, 11) is 0. The molecule has 2 aromatic rings. The van der Waals surface area contributed by atoms with Crippen LogP contribution in [0.2, 0.25) is 0 Å². The van der Waals surface area contributed by atoms with Gasteiger partial charge in [0.25, 0.3) is 5.91 Å². The molecule has 6 nitrogen and oxygen atoms in total. The highest BCUT2D eigenvalue weighted by atomic mass is 19.1. The SMILES string of the molecule is Cc1cc(NC=C2C(=O)Nc3cc(F)ccc32)ccc1N1CCN(C=O)CC1. The van der Waals surface area contributed by atoms with E-state index in [9.17, 15) is 14.0 Å². The highest BCUT2D eigenvalue weighted by Gasteiger charge is 2.24. The molecule has 0 spiro atoms. The molecule has 28 heavy (non-hydrogen) atoms. The molecule has 0 saturated carbocycles. The lowest BCUT2D eigenvalue weighted by atomic mass is 10.1. The number of rotatable bonds is 4. The predicted octanol–water partition coefficient (Wildman–Crippen LogP) is 2.82. The van der Waals surface area contributed by atoms with Crippen molar-refractivity contribution in [1.82, 2.24) is 4.90 Å². The van der Waals surface area contributed by atoms with Gasteiger partial charge in [-0.25, -0.2) is 4.39 Å². The summed E-state index contributed by atoms with van der Waals surface area (Å²) in [5, 5.41) is 5.84. The van der Waals surface area contributed by atoms with E-state index in [0.29, 0.717) is 16.8 Å². The van der Waals surface area contributed by atoms with Crippen molar-refractivity contribution in [3.8, 4) is 0 Å². The Kier molecular flexibility index (Phi) is 4.73. The minimum atomic E-state index is -0.381. The number of aryl methyl sites for hydroxylation is 1. The Morgan fingerprint density at radius 2 is 1.89 bits per heavy atom. The van der Waals surface area contributed by atoms with Crippen molar-refractivity contribution in [3.63, 3.8) is 0 Å². The zero-order chi connectivity index (χ0) is 19.7. The molecule has 0 aromatic heterocycles. The van der Waals surface area contributed by atoms with Crippen LogP contribution in [0.25, 0.3) is 5.57 Å². The van der Waals surface area contributed by atoms with Crippen molar-refractivity contribution >= 4 is 35.0 Å². The molecule has 1 fully saturated rings. The monoisotopic (exact) mass is 380 g/mol. The molecule has 1 saturated heterocycles. The predicted molar refractivity (Wildman–Crippen MR) is 108 cm³/mol. The molecule has 2 N–H and O–H groups in total. The summed E-state index contributed by atoms with van der Waals surface area (Å²) < 4.78 is 13.3. The maximum atomic E-state index is 13.3. The fraction of sp³-hybridized carbons (Fsp3) is 0.238. The van der Waals surface area contributed by atoms with Crippen molar-refractivity contribution < 1.29 is 14.0 Å². The Labute approximate surface area is 162 Å². The summed E-state index contributed by atoms with van der Waals surface area (Å²) in [4.78, 5) is 27.1. The van der Waals surface area contributed by atoms with E-state index in [1.807, 2.05) is 25.1 Å². The minimum Gasteiger partial charge on any atom is -0.368 e. The third-order valence-electron chi connectivity index (χ3n) is 5.15. The molecular weight excluding hydrogens is 359 g/mol. The van der Waals surface area contributed by atoms with Gasteiger partial charge in [0.05, 0.1) is 11.3 Å². The summed E-state index contributed by atoms with van der Waals surface area (Å²) >= 11 is 0. The van der Waals surface area contributed by atoms with Crippen LogP contribution in [0, 0.1) is 12.7 Å². The average molecular weight is 380 g/mol. The summed E-state index contributed by atoms with van der Waals surface area (Å²) in [6.45, 7) is 5.11. The molecule has 2 aromatic carbocycles. The van der Waals surface area contributed by atoms with E-state index in [0.717, 1.165) is 49.5 Å². The molecule has 4 rings (SSSR count). The van der Waals surface area contributed by atoms with Crippen LogP contribution in [0.15, 0.2) is 42.6 Å². The molecule has 144 valence electrons. The number of fused-ring (bicyclic) bond motifs is 1. The topological polar surface area (TPSA) is 64.7 Å². The third-order valence-corrected chi connectivity index (χ3v) is 5.15. The van der Waals surface area contributed by atoms with Crippen molar-refractivity contribution in [2.45, 2.75) is 6.92 Å². The summed E-state index contributed by atoms with van der Waals surface area (Å²) in [6.07, 6.45) is 2.55. The van der Waals surface area contributed by atoms with Crippen molar-refractivity contribution in [2.75, 3.05) is 41.7 Å². The lowest BCUT2D eigenvalue weighted by Gasteiger charge is -2.35. The van der Waals surface area contributed by atoms with Crippen molar-refractivity contribution in [3.05, 3.63) is 59.5 Å². The number of piperazine rings is 1. The molecule has 0 aliphatic carbocycles. The molecular formula is C21H21FN4O2. The Balaban J connectivity index is 1.49. The normalized spacial score (nSPS) is 17.5. The Bertz CT molecular complexity index is 965. The zero-order valence-corrected chi connectivity index (χ0v) is 15.5. The molecule has 0 radical (unpaired) electrons. The second kappa shape index (κ2) is 7.34. The van der Waals surface area contributed by atoms with E-state index >= 15 is 0 Å². The molecule has 7 heteroatoms. The first-order valence-electron chi connectivity index (χ1n) is 9.18. The fourth-order valence-corrected chi connectivity index (χ4v) is 3.63. The molecule has 0 unspecified atom stereocenters. The maximum Gasteiger partial charge on any atom is 0.257 e. The molecule has 2 aliphatic heterocycles. The van der Waals surface area contributed by atoms with Gasteiger partial charge in [0.15, 0.2) is 0 Å². The molecule has 2 heterocycles. The largest absolute Gasteiger partial charge is 0.368 e. The van der Waals surface area contributed by atoms with E-state index in [2.05, 4.69) is 15.5 Å². The highest BCUT2D eigenvalue weighted by Crippen LogP contribution is 2.32. The van der Waals surface area contributed by atoms with Gasteiger partial charge in [0, 0.05) is 49.3 Å². The number of hydrogen-bond acceptors (Lipinski definition) is 4. The third kappa shape index (κ3) is 3.43. The van der Waals surface area contributed by atoms with Crippen LogP contribution in [-0.2, 0) is 9.59 Å². The van der Waals surface area contributed by atoms with Crippen LogP contribution in [0.5, 0.6) is 0 Å². The lowest BCUT2D eigenvalue weighted by Crippen LogP contribution is -2.45. The number of hydrogen-bond donors (Lipinski definition) is 2. The number of nitrogens with zero attached hydrogens (tertiary/aromatic N) is 2. The zero-order valence-electron chi connectivity index (χ0n) is 15.5. The summed E-state index contributed by atoms with van der Waals surface area (Å²) in [5.41, 5.74) is 4.76. The van der Waals surface area contributed by atoms with Crippen molar-refractivity contribution in [2.24, 2.45) is 0 Å². The number of halogens is 1. The number of amides is 2. The first-order chi connectivity index (χ1) is 13.5. The second-order valence-corrected chi connectivity index (χ2v) is 6.98. The maximum absolute atomic E-state index is 13.3. The quantitative estimate of drug-likeness (QED) is 0.632. The van der Waals surface area contributed by atoms with Gasteiger partial charge in [-0.15, -0.1) is 0 Å². The summed E-state index contributed by atoms with van der Waals surface area (Å²) in [6, 6.07) is 10.3. The first-order valence-corrected chi connectivity index (χ1v) is 9.18. The molecule has 2 amide bonds. The Hall–Kier alpha value is -3.35. The van der Waals surface area contributed by atoms with Gasteiger partial charge in [-0.1, -0.05) is 0 Å². The first kappa shape index (κ1) is 18.0. The number of nitrogens with one attached hydrogen (secondary N) is 2. The van der Waals surface area contributed by atoms with Crippen molar-refractivity contribution in [1.29, 1.82) is 0 Å². The van der Waals surface area contributed by atoms with Gasteiger partial charge in [-0.05, 0) is 48.9 Å². The minimum absolute atomic E-state index is 0.255. The number of carbonyl (C=O) groups excluding carboxylic acids is 2. The van der Waals surface area contributed by atoms with Crippen LogP contribution in [0.4, 0.5) is 21.5 Å². The van der Waals surface area contributed by atoms with Gasteiger partial charge in [-0.2, -0.15) is 0 Å². The van der Waals surface area contributed by atoms with E-state index in [1.165, 1.54) is 12.1 Å². The van der Waals surface area contributed by atoms with E-state index < -0.39 is 0 Å². The number of anilines is 3. The fourth-order valence-electron chi connectivity index (χ4n) is 3.63. The van der Waals surface area contributed by atoms with Crippen LogP contribution in [-0.4, -0.2) is 43.4 Å². The standard InChI is InChI=1S/C21H21FN4O2/c1-14-10-16(3-5-20(14)26-8-6-25(13-27)7-9-26)23-12-18-17-4-2-15(22)11-19(17)24-21(18)28/h2-5,10-13,23H,6-9H2,1H3,(H,24,28). The van der Waals surface area contributed by atoms with Gasteiger partial charge < -0.3 is 20.4 Å². The van der Waals surface area contributed by atoms with Crippen LogP contribution in [0.3, 0.4) is 0 Å². The average Bonchev–Trinajstić information content (AvgIpc) is 3.00. The van der Waals surface area contributed by atoms with Gasteiger partial charge >= 0.3 is 0 Å². The Morgan fingerprint density at radius 3 is 2.61 bits per heavy atom. The number of carbonyl (C=O) groups is 2. The van der Waals surface area contributed by atoms with Crippen LogP contribution < -0.4 is 15.5 Å². The van der Waals surface area contributed by atoms with E-state index in [4.69, 9.17) is 0 Å². The number of benzene rings is 2. The molecule has 2 aliphatic rings. The van der Waals surface area contributed by atoms with Crippen LogP contribution >= 0.6 is 0 Å². The van der Waals surface area contributed by atoms with Gasteiger partial charge in [-0.3, -0.25) is 9.59 Å². The van der Waals surface area contributed by atoms with Gasteiger partial charge in [0.2, 0.25) is 6.41 Å². The van der Waals surface area contributed by atoms with E-state index in [-0.39, 0.29) is 11.7 Å². The smallest absolute Gasteiger partial charge is 0.257 e. The second-order valence-electron chi connectivity index (χ2n) is 6.98. The lowest BCUT2D eigenvalue weighted by molar-refractivity contribution is -0.118. The molecule has 0 bridgehead atoms. The van der Waals surface area contributed by atoms with E-state index in [1.54, 1.807) is 17.2 Å². The van der Waals surface area contributed by atoms with Crippen LogP contribution in [0.1, 0.15) is 11.1 Å². The summed E-state index contributed by atoms with van der Waals surface area (Å²) in [5.74, 6) is -0.636. The Morgan fingerprint density at radius 1 is 1.11 bits per heavy atom. The molecule has 0 atom stereocenters.